The Bertz CT molecular complexity index is 526. The minimum absolute atomic E-state index is 0.0240. The predicted molar refractivity (Wildman–Crippen MR) is 69.8 cm³/mol. The molecule has 0 radical (unpaired) electrons. The number of rotatable bonds is 8. The number of nitro groups is 1. The number of carboxylic acids is 1. The number of halogens is 1. The predicted octanol–water partition coefficient (Wildman–Crippen LogP) is 1.17. The molecule has 0 aliphatic heterocycles. The van der Waals surface area contributed by atoms with Crippen LogP contribution in [-0.2, 0) is 15.3 Å². The Morgan fingerprint density at radius 1 is 1.60 bits per heavy atom. The molecular weight excluding hydrogens is 291 g/mol. The smallest absolute Gasteiger partial charge is 0.327 e. The third kappa shape index (κ3) is 4.19. The lowest BCUT2D eigenvalue weighted by Gasteiger charge is -2.10. The van der Waals surface area contributed by atoms with E-state index in [2.05, 4.69) is 5.32 Å². The highest BCUT2D eigenvalue weighted by Gasteiger charge is 2.19. The number of hydrogen-bond donors (Lipinski definition) is 2. The van der Waals surface area contributed by atoms with Crippen LogP contribution in [0.1, 0.15) is 5.56 Å². The fraction of sp³-hybridized carbons (Fsp3) is 0.273. The number of thioether (sulfide) groups is 1. The Labute approximate surface area is 117 Å². The summed E-state index contributed by atoms with van der Waals surface area (Å²) in [6.07, 6.45) is 0.271. The minimum atomic E-state index is -1.20. The van der Waals surface area contributed by atoms with E-state index in [1.54, 1.807) is 0 Å². The van der Waals surface area contributed by atoms with E-state index in [-0.39, 0.29) is 23.5 Å². The Morgan fingerprint density at radius 2 is 2.30 bits per heavy atom. The standard InChI is InChI=1S/C11H11FN2O5S/c12-10-7(2-1-3-9(10)14(18)19)4-20-5-8(11(16)17)13-6-15/h1-3,6,8H,4-5H2,(H,13,15)(H,16,17). The molecule has 0 saturated heterocycles. The third-order valence-corrected chi connectivity index (χ3v) is 3.45. The summed E-state index contributed by atoms with van der Waals surface area (Å²) in [6.45, 7) is 0. The first-order valence-corrected chi connectivity index (χ1v) is 6.55. The highest BCUT2D eigenvalue weighted by atomic mass is 32.2. The molecule has 0 saturated carbocycles. The van der Waals surface area contributed by atoms with E-state index >= 15 is 0 Å². The highest BCUT2D eigenvalue weighted by Crippen LogP contribution is 2.23. The summed E-state index contributed by atoms with van der Waals surface area (Å²) >= 11 is 1.05. The number of aliphatic carboxylic acids is 1. The summed E-state index contributed by atoms with van der Waals surface area (Å²) in [6, 6.07) is 2.71. The van der Waals surface area contributed by atoms with Gasteiger partial charge in [-0.05, 0) is 0 Å². The van der Waals surface area contributed by atoms with Gasteiger partial charge in [-0.15, -0.1) is 0 Å². The number of nitrogens with zero attached hydrogens (tertiary/aromatic N) is 1. The second-order valence-corrected chi connectivity index (χ2v) is 4.73. The van der Waals surface area contributed by atoms with Crippen LogP contribution in [0.2, 0.25) is 0 Å². The van der Waals surface area contributed by atoms with Crippen LogP contribution in [0.3, 0.4) is 0 Å². The van der Waals surface area contributed by atoms with Crippen molar-refractivity contribution in [2.45, 2.75) is 11.8 Å². The summed E-state index contributed by atoms with van der Waals surface area (Å²) in [4.78, 5) is 30.7. The number of carboxylic acid groups (broad SMARTS) is 1. The maximum Gasteiger partial charge on any atom is 0.327 e. The first-order chi connectivity index (χ1) is 9.47. The number of nitro benzene ring substituents is 1. The normalized spacial score (nSPS) is 11.7. The molecule has 0 heterocycles. The number of benzene rings is 1. The molecule has 1 atom stereocenters. The quantitative estimate of drug-likeness (QED) is 0.424. The molecule has 0 aromatic heterocycles. The van der Waals surface area contributed by atoms with Gasteiger partial charge in [0.25, 0.3) is 0 Å². The van der Waals surface area contributed by atoms with E-state index in [1.165, 1.54) is 12.1 Å². The Balaban J connectivity index is 2.66. The van der Waals surface area contributed by atoms with Crippen molar-refractivity contribution in [1.82, 2.24) is 5.32 Å². The molecule has 2 N–H and O–H groups in total. The molecule has 1 amide bonds. The molecule has 0 bridgehead atoms. The number of nitrogens with one attached hydrogen (secondary N) is 1. The third-order valence-electron chi connectivity index (χ3n) is 2.36. The zero-order valence-corrected chi connectivity index (χ0v) is 10.9. The Morgan fingerprint density at radius 3 is 2.85 bits per heavy atom. The van der Waals surface area contributed by atoms with Crippen molar-refractivity contribution in [2.75, 3.05) is 5.75 Å². The van der Waals surface area contributed by atoms with Crippen LogP contribution in [-0.4, -0.2) is 34.2 Å². The van der Waals surface area contributed by atoms with Crippen molar-refractivity contribution in [1.29, 1.82) is 0 Å². The van der Waals surface area contributed by atoms with Crippen molar-refractivity contribution < 1.29 is 24.0 Å². The summed E-state index contributed by atoms with van der Waals surface area (Å²) in [7, 11) is 0. The molecule has 1 aromatic rings. The molecule has 0 fully saturated rings. The molecule has 20 heavy (non-hydrogen) atoms. The summed E-state index contributed by atoms with van der Waals surface area (Å²) in [5, 5.41) is 21.4. The van der Waals surface area contributed by atoms with E-state index in [1.807, 2.05) is 0 Å². The molecule has 1 rings (SSSR count). The molecule has 0 aliphatic rings. The summed E-state index contributed by atoms with van der Waals surface area (Å²) in [5.74, 6) is -2.04. The molecule has 7 nitrogen and oxygen atoms in total. The van der Waals surface area contributed by atoms with E-state index in [9.17, 15) is 24.1 Å². The van der Waals surface area contributed by atoms with E-state index in [0.717, 1.165) is 17.8 Å². The van der Waals surface area contributed by atoms with Gasteiger partial charge in [-0.2, -0.15) is 16.2 Å². The van der Waals surface area contributed by atoms with Gasteiger partial charge in [-0.1, -0.05) is 12.1 Å². The van der Waals surface area contributed by atoms with Gasteiger partial charge in [0.15, 0.2) is 0 Å². The lowest BCUT2D eigenvalue weighted by Crippen LogP contribution is -2.37. The fourth-order valence-corrected chi connectivity index (χ4v) is 2.41. The Hall–Kier alpha value is -2.16. The van der Waals surface area contributed by atoms with Gasteiger partial charge in [0.2, 0.25) is 12.2 Å². The van der Waals surface area contributed by atoms with Crippen LogP contribution < -0.4 is 5.32 Å². The zero-order valence-electron chi connectivity index (χ0n) is 10.1. The van der Waals surface area contributed by atoms with Gasteiger partial charge in [0.1, 0.15) is 6.04 Å². The number of amides is 1. The molecule has 0 aliphatic carbocycles. The SMILES string of the molecule is O=CNC(CSCc1cccc([N+](=O)[O-])c1F)C(=O)O. The monoisotopic (exact) mass is 302 g/mol. The highest BCUT2D eigenvalue weighted by molar-refractivity contribution is 7.98. The van der Waals surface area contributed by atoms with Crippen LogP contribution in [0, 0.1) is 15.9 Å². The fourth-order valence-electron chi connectivity index (χ4n) is 1.38. The maximum absolute atomic E-state index is 13.7. The first kappa shape index (κ1) is 15.9. The van der Waals surface area contributed by atoms with E-state index < -0.39 is 28.4 Å². The molecule has 1 unspecified atom stereocenters. The van der Waals surface area contributed by atoms with Gasteiger partial charge in [0.05, 0.1) is 4.92 Å². The van der Waals surface area contributed by atoms with Gasteiger partial charge < -0.3 is 10.4 Å². The number of hydrogen-bond acceptors (Lipinski definition) is 5. The van der Waals surface area contributed by atoms with Crippen LogP contribution in [0.5, 0.6) is 0 Å². The van der Waals surface area contributed by atoms with Crippen molar-refractivity contribution in [2.24, 2.45) is 0 Å². The van der Waals surface area contributed by atoms with Crippen molar-refractivity contribution >= 4 is 29.8 Å². The maximum atomic E-state index is 13.7. The topological polar surface area (TPSA) is 110 Å². The van der Waals surface area contributed by atoms with Crippen molar-refractivity contribution in [3.05, 3.63) is 39.7 Å². The van der Waals surface area contributed by atoms with Crippen LogP contribution in [0.15, 0.2) is 18.2 Å². The molecular formula is C11H11FN2O5S. The van der Waals surface area contributed by atoms with E-state index in [0.29, 0.717) is 0 Å². The van der Waals surface area contributed by atoms with Gasteiger partial charge in [-0.25, -0.2) is 4.79 Å². The zero-order chi connectivity index (χ0) is 15.1. The van der Waals surface area contributed by atoms with E-state index in [4.69, 9.17) is 5.11 Å². The second-order valence-electron chi connectivity index (χ2n) is 3.70. The summed E-state index contributed by atoms with van der Waals surface area (Å²) < 4.78 is 13.7. The molecule has 1 aromatic carbocycles. The second kappa shape index (κ2) is 7.43. The number of carbonyl (C=O) groups is 2. The molecule has 108 valence electrons. The minimum Gasteiger partial charge on any atom is -0.480 e. The lowest BCUT2D eigenvalue weighted by molar-refractivity contribution is -0.387. The largest absolute Gasteiger partial charge is 0.480 e. The Kier molecular flexibility index (Phi) is 5.91. The molecule has 0 spiro atoms. The average Bonchev–Trinajstić information content (AvgIpc) is 2.39. The number of carbonyl (C=O) groups excluding carboxylic acids is 1. The van der Waals surface area contributed by atoms with Crippen molar-refractivity contribution in [3.8, 4) is 0 Å². The van der Waals surface area contributed by atoms with Crippen LogP contribution >= 0.6 is 11.8 Å². The van der Waals surface area contributed by atoms with Gasteiger partial charge >= 0.3 is 11.7 Å². The first-order valence-electron chi connectivity index (χ1n) is 5.39. The molecule has 9 heteroatoms. The van der Waals surface area contributed by atoms with Crippen LogP contribution in [0.25, 0.3) is 0 Å². The van der Waals surface area contributed by atoms with Gasteiger partial charge in [-0.3, -0.25) is 14.9 Å². The van der Waals surface area contributed by atoms with Crippen LogP contribution in [0.4, 0.5) is 10.1 Å². The van der Waals surface area contributed by atoms with Crippen molar-refractivity contribution in [3.63, 3.8) is 0 Å². The van der Waals surface area contributed by atoms with Gasteiger partial charge in [0, 0.05) is 23.1 Å². The summed E-state index contributed by atoms with van der Waals surface area (Å²) in [5.41, 5.74) is -0.511. The lowest BCUT2D eigenvalue weighted by atomic mass is 10.2. The average molecular weight is 302 g/mol.